The van der Waals surface area contributed by atoms with Crippen LogP contribution in [0.15, 0.2) is 42.5 Å². The molecule has 0 aliphatic heterocycles. The zero-order chi connectivity index (χ0) is 16.3. The second-order valence-electron chi connectivity index (χ2n) is 4.88. The minimum atomic E-state index is -0.512. The zero-order valence-corrected chi connectivity index (χ0v) is 12.9. The van der Waals surface area contributed by atoms with E-state index in [0.29, 0.717) is 10.7 Å². The lowest BCUT2D eigenvalue weighted by atomic mass is 10.0. The van der Waals surface area contributed by atoms with Crippen LogP contribution in [-0.4, -0.2) is 12.0 Å². The summed E-state index contributed by atoms with van der Waals surface area (Å²) in [4.78, 5) is 12.2. The number of rotatable bonds is 4. The number of nitro groups is 1. The van der Waals surface area contributed by atoms with Crippen molar-refractivity contribution in [1.29, 1.82) is 5.26 Å². The van der Waals surface area contributed by atoms with Gasteiger partial charge in [0, 0.05) is 24.2 Å². The van der Waals surface area contributed by atoms with Gasteiger partial charge >= 0.3 is 0 Å². The van der Waals surface area contributed by atoms with Gasteiger partial charge in [0.2, 0.25) is 0 Å². The van der Waals surface area contributed by atoms with E-state index >= 15 is 0 Å². The third-order valence-electron chi connectivity index (χ3n) is 3.63. The molecule has 0 N–H and O–H groups in total. The van der Waals surface area contributed by atoms with Crippen LogP contribution < -0.4 is 4.90 Å². The maximum Gasteiger partial charge on any atom is 0.270 e. The van der Waals surface area contributed by atoms with Gasteiger partial charge in [-0.2, -0.15) is 5.26 Å². The number of nitrogens with zero attached hydrogens (tertiary/aromatic N) is 3. The molecular weight excluding hydrogens is 302 g/mol. The summed E-state index contributed by atoms with van der Waals surface area (Å²) in [6, 6.07) is 13.7. The number of halogens is 1. The molecule has 0 aliphatic carbocycles. The summed E-state index contributed by atoms with van der Waals surface area (Å²) in [7, 11) is 1.83. The SMILES string of the molecule is CC(c1ccccc1Cl)N(C)c1ccc([N+](=O)[O-])cc1C#N. The molecule has 0 aliphatic rings. The Morgan fingerprint density at radius 1 is 1.32 bits per heavy atom. The van der Waals surface area contributed by atoms with E-state index in [4.69, 9.17) is 11.6 Å². The molecule has 2 aromatic carbocycles. The second kappa shape index (κ2) is 6.46. The van der Waals surface area contributed by atoms with Crippen LogP contribution in [0.25, 0.3) is 0 Å². The summed E-state index contributed by atoms with van der Waals surface area (Å²) in [5, 5.41) is 20.7. The lowest BCUT2D eigenvalue weighted by Gasteiger charge is -2.28. The molecule has 5 nitrogen and oxygen atoms in total. The summed E-state index contributed by atoms with van der Waals surface area (Å²) in [5.41, 5.74) is 1.71. The Morgan fingerprint density at radius 2 is 2.00 bits per heavy atom. The van der Waals surface area contributed by atoms with Crippen molar-refractivity contribution in [2.75, 3.05) is 11.9 Å². The molecule has 1 unspecified atom stereocenters. The highest BCUT2D eigenvalue weighted by atomic mass is 35.5. The van der Waals surface area contributed by atoms with Crippen molar-refractivity contribution in [1.82, 2.24) is 0 Å². The highest BCUT2D eigenvalue weighted by Gasteiger charge is 2.19. The molecule has 1 atom stereocenters. The molecule has 22 heavy (non-hydrogen) atoms. The van der Waals surface area contributed by atoms with Gasteiger partial charge in [0.05, 0.1) is 22.2 Å². The van der Waals surface area contributed by atoms with Crippen LogP contribution in [0, 0.1) is 21.4 Å². The lowest BCUT2D eigenvalue weighted by Crippen LogP contribution is -2.22. The quantitative estimate of drug-likeness (QED) is 0.622. The number of nitro benzene ring substituents is 1. The van der Waals surface area contributed by atoms with E-state index in [0.717, 1.165) is 5.56 Å². The molecule has 0 bridgehead atoms. The summed E-state index contributed by atoms with van der Waals surface area (Å²) in [6.07, 6.45) is 0. The van der Waals surface area contributed by atoms with Crippen molar-refractivity contribution < 1.29 is 4.92 Å². The molecule has 2 rings (SSSR count). The first kappa shape index (κ1) is 15.8. The molecule has 6 heteroatoms. The molecule has 0 spiro atoms. The smallest absolute Gasteiger partial charge is 0.270 e. The van der Waals surface area contributed by atoms with E-state index in [2.05, 4.69) is 0 Å². The highest BCUT2D eigenvalue weighted by molar-refractivity contribution is 6.31. The number of hydrogen-bond donors (Lipinski definition) is 0. The summed E-state index contributed by atoms with van der Waals surface area (Å²) in [6.45, 7) is 1.96. The Labute approximate surface area is 133 Å². The number of nitriles is 1. The zero-order valence-electron chi connectivity index (χ0n) is 12.2. The molecular formula is C16H14ClN3O2. The third-order valence-corrected chi connectivity index (χ3v) is 3.97. The van der Waals surface area contributed by atoms with E-state index in [1.807, 2.05) is 49.2 Å². The number of non-ortho nitro benzene ring substituents is 1. The molecule has 0 amide bonds. The van der Waals surface area contributed by atoms with Crippen LogP contribution in [0.3, 0.4) is 0 Å². The van der Waals surface area contributed by atoms with Crippen LogP contribution in [0.2, 0.25) is 5.02 Å². The molecule has 0 heterocycles. The topological polar surface area (TPSA) is 70.2 Å². The van der Waals surface area contributed by atoms with E-state index in [9.17, 15) is 15.4 Å². The fraction of sp³-hybridized carbons (Fsp3) is 0.188. The Balaban J connectivity index is 2.41. The third kappa shape index (κ3) is 3.02. The Bertz CT molecular complexity index is 755. The molecule has 0 radical (unpaired) electrons. The average Bonchev–Trinajstić information content (AvgIpc) is 2.53. The van der Waals surface area contributed by atoms with Gasteiger partial charge in [-0.1, -0.05) is 29.8 Å². The molecule has 0 fully saturated rings. The van der Waals surface area contributed by atoms with Crippen LogP contribution in [0.1, 0.15) is 24.1 Å². The Hall–Kier alpha value is -2.58. The van der Waals surface area contributed by atoms with Crippen LogP contribution in [0.5, 0.6) is 0 Å². The van der Waals surface area contributed by atoms with Gasteiger partial charge in [-0.05, 0) is 24.6 Å². The fourth-order valence-electron chi connectivity index (χ4n) is 2.27. The van der Waals surface area contributed by atoms with Crippen molar-refractivity contribution >= 4 is 23.0 Å². The van der Waals surface area contributed by atoms with Crippen LogP contribution in [0.4, 0.5) is 11.4 Å². The van der Waals surface area contributed by atoms with Gasteiger partial charge in [-0.15, -0.1) is 0 Å². The second-order valence-corrected chi connectivity index (χ2v) is 5.29. The van der Waals surface area contributed by atoms with E-state index in [1.54, 1.807) is 6.07 Å². The van der Waals surface area contributed by atoms with E-state index < -0.39 is 4.92 Å². The predicted octanol–water partition coefficient (Wildman–Crippen LogP) is 4.32. The van der Waals surface area contributed by atoms with Crippen molar-refractivity contribution in [2.45, 2.75) is 13.0 Å². The maximum atomic E-state index is 10.8. The van der Waals surface area contributed by atoms with E-state index in [1.165, 1.54) is 12.1 Å². The monoisotopic (exact) mass is 315 g/mol. The molecule has 0 saturated carbocycles. The van der Waals surface area contributed by atoms with Crippen molar-refractivity contribution in [2.24, 2.45) is 0 Å². The van der Waals surface area contributed by atoms with Gasteiger partial charge in [0.25, 0.3) is 5.69 Å². The first-order valence-electron chi connectivity index (χ1n) is 6.61. The predicted molar refractivity (Wildman–Crippen MR) is 86.1 cm³/mol. The van der Waals surface area contributed by atoms with Crippen molar-refractivity contribution in [3.63, 3.8) is 0 Å². The summed E-state index contributed by atoms with van der Waals surface area (Å²) < 4.78 is 0. The largest absolute Gasteiger partial charge is 0.367 e. The standard InChI is InChI=1S/C16H14ClN3O2/c1-11(14-5-3-4-6-15(14)17)19(2)16-8-7-13(20(21)22)9-12(16)10-18/h3-9,11H,1-2H3. The van der Waals surface area contributed by atoms with Crippen molar-refractivity contribution in [3.05, 3.63) is 68.7 Å². The number of benzene rings is 2. The first-order valence-corrected chi connectivity index (χ1v) is 6.99. The maximum absolute atomic E-state index is 10.8. The van der Waals surface area contributed by atoms with Crippen LogP contribution in [-0.2, 0) is 0 Å². The van der Waals surface area contributed by atoms with Crippen LogP contribution >= 0.6 is 11.6 Å². The van der Waals surface area contributed by atoms with Gasteiger partial charge in [0.15, 0.2) is 0 Å². The highest BCUT2D eigenvalue weighted by Crippen LogP contribution is 2.32. The van der Waals surface area contributed by atoms with Gasteiger partial charge in [0.1, 0.15) is 6.07 Å². The number of hydrogen-bond acceptors (Lipinski definition) is 4. The molecule has 0 saturated heterocycles. The van der Waals surface area contributed by atoms with Gasteiger partial charge in [-0.3, -0.25) is 10.1 Å². The molecule has 112 valence electrons. The molecule has 0 aromatic heterocycles. The minimum Gasteiger partial charge on any atom is -0.367 e. The number of anilines is 1. The first-order chi connectivity index (χ1) is 10.5. The Morgan fingerprint density at radius 3 is 2.59 bits per heavy atom. The Kier molecular flexibility index (Phi) is 4.64. The normalized spacial score (nSPS) is 11.5. The fourth-order valence-corrected chi connectivity index (χ4v) is 2.56. The van der Waals surface area contributed by atoms with Gasteiger partial charge < -0.3 is 4.90 Å². The minimum absolute atomic E-state index is 0.0812. The van der Waals surface area contributed by atoms with Gasteiger partial charge in [-0.25, -0.2) is 0 Å². The summed E-state index contributed by atoms with van der Waals surface area (Å²) >= 11 is 6.21. The molecule has 2 aromatic rings. The average molecular weight is 316 g/mol. The lowest BCUT2D eigenvalue weighted by molar-refractivity contribution is -0.384. The van der Waals surface area contributed by atoms with Crippen molar-refractivity contribution in [3.8, 4) is 6.07 Å². The van der Waals surface area contributed by atoms with E-state index in [-0.39, 0.29) is 17.3 Å². The summed E-state index contributed by atoms with van der Waals surface area (Å²) in [5.74, 6) is 0.